The second kappa shape index (κ2) is 7.67. The molecule has 0 aliphatic carbocycles. The largest absolute Gasteiger partial charge is 0.497 e. The van der Waals surface area contributed by atoms with Crippen LogP contribution < -0.4 is 10.1 Å². The van der Waals surface area contributed by atoms with Gasteiger partial charge >= 0.3 is 0 Å². The lowest BCUT2D eigenvalue weighted by Crippen LogP contribution is -2.47. The fraction of sp³-hybridized carbons (Fsp3) is 0.438. The highest BCUT2D eigenvalue weighted by Crippen LogP contribution is 2.19. The van der Waals surface area contributed by atoms with Gasteiger partial charge < -0.3 is 15.2 Å². The second-order valence-electron chi connectivity index (χ2n) is 4.86. The van der Waals surface area contributed by atoms with E-state index in [-0.39, 0.29) is 12.5 Å². The zero-order valence-corrected chi connectivity index (χ0v) is 12.2. The van der Waals surface area contributed by atoms with Gasteiger partial charge in [-0.2, -0.15) is 0 Å². The maximum atomic E-state index is 11.4. The van der Waals surface area contributed by atoms with Gasteiger partial charge in [0, 0.05) is 31.6 Å². The van der Waals surface area contributed by atoms with Crippen LogP contribution in [-0.2, 0) is 11.3 Å². The van der Waals surface area contributed by atoms with Crippen LogP contribution >= 0.6 is 0 Å². The molecule has 0 saturated carbocycles. The summed E-state index contributed by atoms with van der Waals surface area (Å²) in [7, 11) is 1.63. The van der Waals surface area contributed by atoms with Crippen LogP contribution in [0.25, 0.3) is 0 Å². The molecule has 2 rings (SSSR count). The number of carbonyl (C=O) groups is 1. The van der Waals surface area contributed by atoms with Crippen molar-refractivity contribution in [3.05, 3.63) is 29.3 Å². The molecule has 0 aromatic heterocycles. The Morgan fingerprint density at radius 2 is 2.33 bits per heavy atom. The lowest BCUT2D eigenvalue weighted by atomic mass is 10.1. The topological polar surface area (TPSA) is 61.8 Å². The SMILES string of the molecule is COc1ccc(C#CCCO)c(CN2CCNC(=O)C2)c1. The van der Waals surface area contributed by atoms with E-state index in [1.54, 1.807) is 7.11 Å². The second-order valence-corrected chi connectivity index (χ2v) is 4.86. The van der Waals surface area contributed by atoms with Crippen molar-refractivity contribution in [2.75, 3.05) is 33.4 Å². The molecule has 0 spiro atoms. The van der Waals surface area contributed by atoms with Crippen molar-refractivity contribution in [2.24, 2.45) is 0 Å². The molecule has 1 aliphatic rings. The minimum Gasteiger partial charge on any atom is -0.497 e. The number of benzene rings is 1. The van der Waals surface area contributed by atoms with Gasteiger partial charge in [-0.25, -0.2) is 0 Å². The van der Waals surface area contributed by atoms with Crippen LogP contribution in [0.15, 0.2) is 18.2 Å². The molecule has 5 nitrogen and oxygen atoms in total. The van der Waals surface area contributed by atoms with Crippen molar-refractivity contribution >= 4 is 5.91 Å². The predicted molar refractivity (Wildman–Crippen MR) is 79.9 cm³/mol. The van der Waals surface area contributed by atoms with E-state index in [1.165, 1.54) is 0 Å². The third kappa shape index (κ3) is 4.48. The maximum absolute atomic E-state index is 11.4. The molecule has 1 aromatic rings. The van der Waals surface area contributed by atoms with Crippen molar-refractivity contribution in [2.45, 2.75) is 13.0 Å². The number of rotatable bonds is 4. The molecule has 1 aromatic carbocycles. The lowest BCUT2D eigenvalue weighted by Gasteiger charge is -2.26. The summed E-state index contributed by atoms with van der Waals surface area (Å²) < 4.78 is 5.26. The Labute approximate surface area is 124 Å². The van der Waals surface area contributed by atoms with Gasteiger partial charge in [0.15, 0.2) is 0 Å². The van der Waals surface area contributed by atoms with Gasteiger partial charge in [0.25, 0.3) is 0 Å². The first-order valence-electron chi connectivity index (χ1n) is 6.98. The zero-order chi connectivity index (χ0) is 15.1. The molecule has 5 heteroatoms. The molecule has 1 saturated heterocycles. The number of carbonyl (C=O) groups excluding carboxylic acids is 1. The molecular weight excluding hydrogens is 268 g/mol. The third-order valence-electron chi connectivity index (χ3n) is 3.28. The van der Waals surface area contributed by atoms with Gasteiger partial charge in [0.2, 0.25) is 5.91 Å². The van der Waals surface area contributed by atoms with E-state index in [0.717, 1.165) is 23.4 Å². The number of hydrogen-bond acceptors (Lipinski definition) is 4. The number of nitrogens with zero attached hydrogens (tertiary/aromatic N) is 1. The number of hydrogen-bond donors (Lipinski definition) is 2. The lowest BCUT2D eigenvalue weighted by molar-refractivity contribution is -0.124. The monoisotopic (exact) mass is 288 g/mol. The maximum Gasteiger partial charge on any atom is 0.234 e. The highest BCUT2D eigenvalue weighted by Gasteiger charge is 2.17. The molecular formula is C16H20N2O3. The summed E-state index contributed by atoms with van der Waals surface area (Å²) in [5.41, 5.74) is 1.95. The van der Waals surface area contributed by atoms with Gasteiger partial charge in [-0.3, -0.25) is 9.69 Å². The zero-order valence-electron chi connectivity index (χ0n) is 12.2. The summed E-state index contributed by atoms with van der Waals surface area (Å²) in [5, 5.41) is 11.6. The van der Waals surface area contributed by atoms with Crippen molar-refractivity contribution < 1.29 is 14.6 Å². The smallest absolute Gasteiger partial charge is 0.234 e. The van der Waals surface area contributed by atoms with E-state index in [4.69, 9.17) is 9.84 Å². The van der Waals surface area contributed by atoms with Crippen LogP contribution in [-0.4, -0.2) is 49.3 Å². The minimum atomic E-state index is 0.0528. The Morgan fingerprint density at radius 3 is 3.05 bits per heavy atom. The number of amides is 1. The first-order chi connectivity index (χ1) is 10.2. The summed E-state index contributed by atoms with van der Waals surface area (Å²) in [6.07, 6.45) is 0.456. The molecule has 1 fully saturated rings. The molecule has 1 heterocycles. The summed E-state index contributed by atoms with van der Waals surface area (Å²) >= 11 is 0. The number of aliphatic hydroxyl groups is 1. The van der Waals surface area contributed by atoms with Gasteiger partial charge in [-0.05, 0) is 23.8 Å². The van der Waals surface area contributed by atoms with Crippen molar-refractivity contribution in [1.82, 2.24) is 10.2 Å². The number of methoxy groups -OCH3 is 1. The molecule has 1 amide bonds. The highest BCUT2D eigenvalue weighted by molar-refractivity contribution is 5.78. The van der Waals surface area contributed by atoms with Crippen molar-refractivity contribution in [3.8, 4) is 17.6 Å². The molecule has 0 atom stereocenters. The first kappa shape index (κ1) is 15.4. The summed E-state index contributed by atoms with van der Waals surface area (Å²) in [4.78, 5) is 13.5. The van der Waals surface area contributed by atoms with Crippen LogP contribution in [0.3, 0.4) is 0 Å². The van der Waals surface area contributed by atoms with Crippen molar-refractivity contribution in [3.63, 3.8) is 0 Å². The molecule has 2 N–H and O–H groups in total. The van der Waals surface area contributed by atoms with E-state index in [0.29, 0.717) is 26.1 Å². The third-order valence-corrected chi connectivity index (χ3v) is 3.28. The highest BCUT2D eigenvalue weighted by atomic mass is 16.5. The van der Waals surface area contributed by atoms with Crippen LogP contribution in [0.4, 0.5) is 0 Å². The Bertz CT molecular complexity index is 560. The van der Waals surface area contributed by atoms with Crippen LogP contribution in [0.5, 0.6) is 5.75 Å². The van der Waals surface area contributed by atoms with E-state index in [1.807, 2.05) is 18.2 Å². The van der Waals surface area contributed by atoms with Crippen LogP contribution in [0, 0.1) is 11.8 Å². The molecule has 1 aliphatic heterocycles. The fourth-order valence-corrected chi connectivity index (χ4v) is 2.23. The van der Waals surface area contributed by atoms with E-state index >= 15 is 0 Å². The average molecular weight is 288 g/mol. The Balaban J connectivity index is 2.18. The first-order valence-corrected chi connectivity index (χ1v) is 6.98. The Morgan fingerprint density at radius 1 is 1.48 bits per heavy atom. The summed E-state index contributed by atoms with van der Waals surface area (Å²) in [6.45, 7) is 2.63. The van der Waals surface area contributed by atoms with Crippen LogP contribution in [0.2, 0.25) is 0 Å². The average Bonchev–Trinajstić information content (AvgIpc) is 2.49. The number of aliphatic hydroxyl groups excluding tert-OH is 1. The Kier molecular flexibility index (Phi) is 5.61. The molecule has 0 bridgehead atoms. The number of piperazine rings is 1. The summed E-state index contributed by atoms with van der Waals surface area (Å²) in [6, 6.07) is 5.74. The quantitative estimate of drug-likeness (QED) is 0.786. The normalized spacial score (nSPS) is 15.0. The van der Waals surface area contributed by atoms with E-state index < -0.39 is 0 Å². The number of ether oxygens (including phenoxy) is 1. The summed E-state index contributed by atoms with van der Waals surface area (Å²) in [5.74, 6) is 6.84. The predicted octanol–water partition coefficient (Wildman–Crippen LogP) is 0.361. The molecule has 0 radical (unpaired) electrons. The number of nitrogens with one attached hydrogen (secondary N) is 1. The van der Waals surface area contributed by atoms with E-state index in [9.17, 15) is 4.79 Å². The van der Waals surface area contributed by atoms with Gasteiger partial charge in [0.05, 0.1) is 20.3 Å². The standard InChI is InChI=1S/C16H20N2O3/c1-21-15-6-5-13(4-2-3-9-19)14(10-15)11-18-8-7-17-16(20)12-18/h5-6,10,19H,3,7-9,11-12H2,1H3,(H,17,20). The minimum absolute atomic E-state index is 0.0528. The van der Waals surface area contributed by atoms with Gasteiger partial charge in [0.1, 0.15) is 5.75 Å². The Hall–Kier alpha value is -2.03. The van der Waals surface area contributed by atoms with Gasteiger partial charge in [-0.15, -0.1) is 0 Å². The molecule has 112 valence electrons. The fourth-order valence-electron chi connectivity index (χ4n) is 2.23. The molecule has 21 heavy (non-hydrogen) atoms. The molecule has 0 unspecified atom stereocenters. The van der Waals surface area contributed by atoms with Crippen LogP contribution in [0.1, 0.15) is 17.5 Å². The van der Waals surface area contributed by atoms with Crippen molar-refractivity contribution in [1.29, 1.82) is 0 Å². The van der Waals surface area contributed by atoms with E-state index in [2.05, 4.69) is 22.1 Å². The van der Waals surface area contributed by atoms with Gasteiger partial charge in [-0.1, -0.05) is 11.8 Å².